The first kappa shape index (κ1) is 13.3. The predicted molar refractivity (Wildman–Crippen MR) is 66.8 cm³/mol. The van der Waals surface area contributed by atoms with Gasteiger partial charge in [-0.25, -0.2) is 0 Å². The molecule has 1 aromatic heterocycles. The van der Waals surface area contributed by atoms with E-state index in [1.165, 1.54) is 25.3 Å². The predicted octanol–water partition coefficient (Wildman–Crippen LogP) is 1.38. The molecule has 1 aliphatic heterocycles. The van der Waals surface area contributed by atoms with Crippen LogP contribution in [0.4, 0.5) is 5.82 Å². The van der Waals surface area contributed by atoms with Gasteiger partial charge in [0.1, 0.15) is 6.10 Å². The molecule has 1 amide bonds. The van der Waals surface area contributed by atoms with Crippen molar-refractivity contribution in [3.63, 3.8) is 0 Å². The molecule has 0 bridgehead atoms. The van der Waals surface area contributed by atoms with E-state index in [9.17, 15) is 14.9 Å². The van der Waals surface area contributed by atoms with Crippen LogP contribution < -0.4 is 4.74 Å². The van der Waals surface area contributed by atoms with Crippen LogP contribution in [0.3, 0.4) is 0 Å². The molecule has 0 saturated carbocycles. The van der Waals surface area contributed by atoms with Gasteiger partial charge in [0.25, 0.3) is 0 Å². The molecule has 102 valence electrons. The highest BCUT2D eigenvalue weighted by Crippen LogP contribution is 2.19. The molecule has 19 heavy (non-hydrogen) atoms. The van der Waals surface area contributed by atoms with Crippen molar-refractivity contribution >= 4 is 11.7 Å². The monoisotopic (exact) mass is 265 g/mol. The third-order valence-corrected chi connectivity index (χ3v) is 3.03. The molecule has 1 aliphatic rings. The summed E-state index contributed by atoms with van der Waals surface area (Å²) in [5.41, 5.74) is 0. The van der Waals surface area contributed by atoms with E-state index in [4.69, 9.17) is 4.74 Å². The van der Waals surface area contributed by atoms with Gasteiger partial charge in [-0.3, -0.25) is 4.79 Å². The van der Waals surface area contributed by atoms with Crippen LogP contribution in [0.25, 0.3) is 0 Å². The average molecular weight is 265 g/mol. The zero-order valence-electron chi connectivity index (χ0n) is 10.6. The maximum atomic E-state index is 11.3. The van der Waals surface area contributed by atoms with E-state index in [0.29, 0.717) is 12.3 Å². The van der Waals surface area contributed by atoms with Gasteiger partial charge in [0.15, 0.2) is 11.9 Å². The Morgan fingerprint density at radius 2 is 2.37 bits per heavy atom. The number of nitro groups is 1. The minimum absolute atomic E-state index is 0.0372. The number of aromatic nitrogens is 1. The first-order valence-electron chi connectivity index (χ1n) is 6.09. The van der Waals surface area contributed by atoms with Crippen LogP contribution in [0.1, 0.15) is 19.8 Å². The molecule has 7 heteroatoms. The van der Waals surface area contributed by atoms with Crippen molar-refractivity contribution in [3.05, 3.63) is 28.4 Å². The maximum absolute atomic E-state index is 11.3. The Balaban J connectivity index is 1.96. The highest BCUT2D eigenvalue weighted by atomic mass is 16.6. The van der Waals surface area contributed by atoms with Gasteiger partial charge in [0, 0.05) is 19.5 Å². The number of hydrogen-bond donors (Lipinski definition) is 0. The lowest BCUT2D eigenvalue weighted by atomic mass is 10.1. The van der Waals surface area contributed by atoms with Crippen LogP contribution in [0, 0.1) is 10.1 Å². The van der Waals surface area contributed by atoms with Gasteiger partial charge < -0.3 is 19.8 Å². The number of hydrogen-bond acceptors (Lipinski definition) is 5. The fourth-order valence-corrected chi connectivity index (χ4v) is 2.06. The third-order valence-electron chi connectivity index (χ3n) is 3.03. The molecule has 0 aliphatic carbocycles. The third kappa shape index (κ3) is 3.40. The summed E-state index contributed by atoms with van der Waals surface area (Å²) in [7, 11) is 0. The molecule has 1 aromatic rings. The molecule has 1 unspecified atom stereocenters. The summed E-state index contributed by atoms with van der Waals surface area (Å²) in [6, 6.07) is 2.83. The summed E-state index contributed by atoms with van der Waals surface area (Å²) in [4.78, 5) is 26.7. The molecular weight excluding hydrogens is 250 g/mol. The molecule has 0 aromatic carbocycles. The summed E-state index contributed by atoms with van der Waals surface area (Å²) in [5, 5.41) is 10.5. The molecule has 7 nitrogen and oxygen atoms in total. The number of carbonyl (C=O) groups excluding carboxylic acids is 1. The Bertz CT molecular complexity index is 474. The maximum Gasteiger partial charge on any atom is 0.363 e. The standard InChI is InChI=1S/C12H15N3O4/c1-9(16)14-6-2-3-11(8-14)19-10-4-5-12(13-7-10)15(17)18/h4-5,7,11H,2-3,6,8H2,1H3. The van der Waals surface area contributed by atoms with E-state index in [2.05, 4.69) is 4.98 Å². The average Bonchev–Trinajstić information content (AvgIpc) is 2.39. The minimum Gasteiger partial charge on any atom is -0.485 e. The molecule has 1 atom stereocenters. The Labute approximate surface area is 110 Å². The first-order chi connectivity index (χ1) is 9.06. The van der Waals surface area contributed by atoms with Crippen molar-refractivity contribution in [2.75, 3.05) is 13.1 Å². The van der Waals surface area contributed by atoms with Gasteiger partial charge in [0.05, 0.1) is 6.54 Å². The van der Waals surface area contributed by atoms with Crippen LogP contribution in [-0.2, 0) is 4.79 Å². The molecule has 2 heterocycles. The van der Waals surface area contributed by atoms with Crippen molar-refractivity contribution in [1.29, 1.82) is 0 Å². The smallest absolute Gasteiger partial charge is 0.363 e. The van der Waals surface area contributed by atoms with E-state index >= 15 is 0 Å². The minimum atomic E-state index is -0.554. The van der Waals surface area contributed by atoms with E-state index in [-0.39, 0.29) is 17.8 Å². The number of nitrogens with zero attached hydrogens (tertiary/aromatic N) is 3. The number of rotatable bonds is 3. The second-order valence-electron chi connectivity index (χ2n) is 4.46. The number of ether oxygens (including phenoxy) is 1. The Kier molecular flexibility index (Phi) is 3.94. The fraction of sp³-hybridized carbons (Fsp3) is 0.500. The van der Waals surface area contributed by atoms with E-state index < -0.39 is 4.92 Å². The van der Waals surface area contributed by atoms with E-state index in [1.54, 1.807) is 4.90 Å². The lowest BCUT2D eigenvalue weighted by Gasteiger charge is -2.31. The summed E-state index contributed by atoms with van der Waals surface area (Å²) >= 11 is 0. The number of amides is 1. The number of pyridine rings is 1. The molecular formula is C12H15N3O4. The van der Waals surface area contributed by atoms with Crippen molar-refractivity contribution in [3.8, 4) is 5.75 Å². The normalized spacial score (nSPS) is 19.0. The van der Waals surface area contributed by atoms with Crippen LogP contribution in [0.2, 0.25) is 0 Å². The summed E-state index contributed by atoms with van der Waals surface area (Å²) in [6.45, 7) is 2.84. The second kappa shape index (κ2) is 5.64. The zero-order valence-corrected chi connectivity index (χ0v) is 10.6. The largest absolute Gasteiger partial charge is 0.485 e. The van der Waals surface area contributed by atoms with Crippen molar-refractivity contribution in [2.45, 2.75) is 25.9 Å². The highest BCUT2D eigenvalue weighted by Gasteiger charge is 2.23. The van der Waals surface area contributed by atoms with Gasteiger partial charge in [-0.05, 0) is 28.8 Å². The zero-order chi connectivity index (χ0) is 13.8. The second-order valence-corrected chi connectivity index (χ2v) is 4.46. The Hall–Kier alpha value is -2.18. The lowest BCUT2D eigenvalue weighted by molar-refractivity contribution is -0.389. The number of carbonyl (C=O) groups is 1. The van der Waals surface area contributed by atoms with Gasteiger partial charge in [0.2, 0.25) is 5.91 Å². The van der Waals surface area contributed by atoms with Crippen LogP contribution in [0.5, 0.6) is 5.75 Å². The van der Waals surface area contributed by atoms with Crippen molar-refractivity contribution in [2.24, 2.45) is 0 Å². The molecule has 1 saturated heterocycles. The highest BCUT2D eigenvalue weighted by molar-refractivity contribution is 5.73. The molecule has 0 radical (unpaired) electrons. The summed E-state index contributed by atoms with van der Waals surface area (Å²) < 4.78 is 5.69. The van der Waals surface area contributed by atoms with Crippen molar-refractivity contribution < 1.29 is 14.5 Å². The Morgan fingerprint density at radius 3 is 2.95 bits per heavy atom. The number of likely N-dealkylation sites (tertiary alicyclic amines) is 1. The molecule has 1 fully saturated rings. The molecule has 0 N–H and O–H groups in total. The van der Waals surface area contributed by atoms with Crippen LogP contribution in [-0.4, -0.2) is 39.9 Å². The van der Waals surface area contributed by atoms with Crippen LogP contribution >= 0.6 is 0 Å². The summed E-state index contributed by atoms with van der Waals surface area (Å²) in [6.07, 6.45) is 3.01. The summed E-state index contributed by atoms with van der Waals surface area (Å²) in [5.74, 6) is 0.317. The first-order valence-corrected chi connectivity index (χ1v) is 6.09. The quantitative estimate of drug-likeness (QED) is 0.608. The topological polar surface area (TPSA) is 85.6 Å². The van der Waals surface area contributed by atoms with Crippen molar-refractivity contribution in [1.82, 2.24) is 9.88 Å². The van der Waals surface area contributed by atoms with Gasteiger partial charge in [-0.1, -0.05) is 0 Å². The lowest BCUT2D eigenvalue weighted by Crippen LogP contribution is -2.43. The Morgan fingerprint density at radius 1 is 1.58 bits per heavy atom. The van der Waals surface area contributed by atoms with Gasteiger partial charge in [-0.15, -0.1) is 0 Å². The fourth-order valence-electron chi connectivity index (χ4n) is 2.06. The van der Waals surface area contributed by atoms with Gasteiger partial charge in [-0.2, -0.15) is 0 Å². The van der Waals surface area contributed by atoms with Crippen LogP contribution in [0.15, 0.2) is 18.3 Å². The molecule has 2 rings (SSSR count). The SMILES string of the molecule is CC(=O)N1CCCC(Oc2ccc([N+](=O)[O-])nc2)C1. The number of piperidine rings is 1. The van der Waals surface area contributed by atoms with E-state index in [0.717, 1.165) is 19.4 Å². The van der Waals surface area contributed by atoms with E-state index in [1.807, 2.05) is 0 Å². The molecule has 0 spiro atoms. The van der Waals surface area contributed by atoms with Gasteiger partial charge >= 0.3 is 5.82 Å².